The second kappa shape index (κ2) is 6.31. The number of hydrogen-bond donors (Lipinski definition) is 1. The summed E-state index contributed by atoms with van der Waals surface area (Å²) in [6.45, 7) is 1.16. The van der Waals surface area contributed by atoms with Gasteiger partial charge in [-0.05, 0) is 23.8 Å². The number of halogens is 2. The molecule has 1 atom stereocenters. The molecule has 3 nitrogen and oxygen atoms in total. The summed E-state index contributed by atoms with van der Waals surface area (Å²) in [5, 5.41) is 10.4. The lowest BCUT2D eigenvalue weighted by atomic mass is 9.84. The summed E-state index contributed by atoms with van der Waals surface area (Å²) in [6.07, 6.45) is 1.00. The summed E-state index contributed by atoms with van der Waals surface area (Å²) in [4.78, 5) is 0. The average Bonchev–Trinajstić information content (AvgIpc) is 2.38. The highest BCUT2D eigenvalue weighted by atomic mass is 79.9. The molecule has 0 radical (unpaired) electrons. The monoisotopic (exact) mass is 332 g/mol. The third-order valence-electron chi connectivity index (χ3n) is 3.70. The maximum atomic E-state index is 13.3. The first kappa shape index (κ1) is 14.9. The number of aliphatic hydroxyl groups is 1. The molecule has 1 saturated heterocycles. The molecule has 0 spiro atoms. The number of rotatable bonds is 4. The molecule has 1 aromatic carbocycles. The van der Waals surface area contributed by atoms with Crippen molar-refractivity contribution in [2.24, 2.45) is 0 Å². The molecule has 0 saturated carbocycles. The summed E-state index contributed by atoms with van der Waals surface area (Å²) < 4.78 is 24.9. The number of methoxy groups -OCH3 is 1. The SMILES string of the molecule is COC1(C(O)Cc2cc(F)cc(Br)c2)CCOCC1. The fourth-order valence-corrected chi connectivity index (χ4v) is 3.04. The van der Waals surface area contributed by atoms with Gasteiger partial charge in [0.15, 0.2) is 0 Å². The molecule has 0 aromatic heterocycles. The van der Waals surface area contributed by atoms with Gasteiger partial charge in [0.2, 0.25) is 0 Å². The minimum absolute atomic E-state index is 0.310. The van der Waals surface area contributed by atoms with E-state index in [4.69, 9.17) is 9.47 Å². The summed E-state index contributed by atoms with van der Waals surface area (Å²) in [5.41, 5.74) is 0.166. The van der Waals surface area contributed by atoms with Gasteiger partial charge in [-0.15, -0.1) is 0 Å². The number of aliphatic hydroxyl groups excluding tert-OH is 1. The van der Waals surface area contributed by atoms with Crippen LogP contribution in [0, 0.1) is 5.82 Å². The van der Waals surface area contributed by atoms with E-state index in [0.29, 0.717) is 36.9 Å². The largest absolute Gasteiger partial charge is 0.390 e. The van der Waals surface area contributed by atoms with E-state index >= 15 is 0 Å². The first-order chi connectivity index (χ1) is 9.05. The van der Waals surface area contributed by atoms with Gasteiger partial charge >= 0.3 is 0 Å². The normalized spacial score (nSPS) is 20.2. The maximum absolute atomic E-state index is 13.3. The van der Waals surface area contributed by atoms with Gasteiger partial charge in [0, 0.05) is 44.1 Å². The van der Waals surface area contributed by atoms with Crippen LogP contribution in [0.15, 0.2) is 22.7 Å². The fraction of sp³-hybridized carbons (Fsp3) is 0.571. The van der Waals surface area contributed by atoms with Crippen LogP contribution in [-0.2, 0) is 15.9 Å². The first-order valence-electron chi connectivity index (χ1n) is 6.32. The molecule has 5 heteroatoms. The van der Waals surface area contributed by atoms with Crippen LogP contribution in [0.25, 0.3) is 0 Å². The zero-order valence-corrected chi connectivity index (χ0v) is 12.5. The highest BCUT2D eigenvalue weighted by Gasteiger charge is 2.39. The Morgan fingerprint density at radius 2 is 2.11 bits per heavy atom. The fourth-order valence-electron chi connectivity index (χ4n) is 2.53. The average molecular weight is 333 g/mol. The van der Waals surface area contributed by atoms with E-state index in [-0.39, 0.29) is 5.82 Å². The lowest BCUT2D eigenvalue weighted by Gasteiger charge is -2.39. The minimum atomic E-state index is -0.671. The summed E-state index contributed by atoms with van der Waals surface area (Å²) in [5.74, 6) is -0.310. The quantitative estimate of drug-likeness (QED) is 0.921. The van der Waals surface area contributed by atoms with E-state index in [0.717, 1.165) is 5.56 Å². The molecule has 19 heavy (non-hydrogen) atoms. The van der Waals surface area contributed by atoms with E-state index in [1.165, 1.54) is 12.1 Å². The topological polar surface area (TPSA) is 38.7 Å². The molecule has 0 amide bonds. The van der Waals surface area contributed by atoms with Crippen molar-refractivity contribution in [3.63, 3.8) is 0 Å². The van der Waals surface area contributed by atoms with Crippen LogP contribution >= 0.6 is 15.9 Å². The molecular formula is C14H18BrFO3. The van der Waals surface area contributed by atoms with Crippen LogP contribution in [0.4, 0.5) is 4.39 Å². The number of ether oxygens (including phenoxy) is 2. The molecule has 0 bridgehead atoms. The van der Waals surface area contributed by atoms with E-state index in [9.17, 15) is 9.50 Å². The molecule has 1 aliphatic rings. The van der Waals surface area contributed by atoms with Crippen molar-refractivity contribution in [3.8, 4) is 0 Å². The van der Waals surface area contributed by atoms with Gasteiger partial charge in [0.1, 0.15) is 5.82 Å². The zero-order chi connectivity index (χ0) is 13.9. The van der Waals surface area contributed by atoms with Crippen molar-refractivity contribution in [2.75, 3.05) is 20.3 Å². The van der Waals surface area contributed by atoms with Gasteiger partial charge in [0.25, 0.3) is 0 Å². The molecule has 1 unspecified atom stereocenters. The van der Waals surface area contributed by atoms with Crippen LogP contribution < -0.4 is 0 Å². The summed E-state index contributed by atoms with van der Waals surface area (Å²) >= 11 is 3.26. The van der Waals surface area contributed by atoms with Crippen LogP contribution in [0.5, 0.6) is 0 Å². The Hall–Kier alpha value is -0.490. The summed E-state index contributed by atoms with van der Waals surface area (Å²) in [6, 6.07) is 4.65. The minimum Gasteiger partial charge on any atom is -0.390 e. The van der Waals surface area contributed by atoms with Crippen molar-refractivity contribution < 1.29 is 19.0 Å². The van der Waals surface area contributed by atoms with Gasteiger partial charge in [-0.25, -0.2) is 4.39 Å². The predicted molar refractivity (Wildman–Crippen MR) is 73.6 cm³/mol. The van der Waals surface area contributed by atoms with Crippen molar-refractivity contribution in [3.05, 3.63) is 34.1 Å². The Bertz CT molecular complexity index is 412. The van der Waals surface area contributed by atoms with Crippen LogP contribution in [-0.4, -0.2) is 37.1 Å². The molecule has 1 aliphatic heterocycles. The Balaban J connectivity index is 2.12. The van der Waals surface area contributed by atoms with Gasteiger partial charge in [-0.2, -0.15) is 0 Å². The lowest BCUT2D eigenvalue weighted by molar-refractivity contribution is -0.151. The van der Waals surface area contributed by atoms with Crippen LogP contribution in [0.1, 0.15) is 18.4 Å². The third kappa shape index (κ3) is 3.54. The van der Waals surface area contributed by atoms with Gasteiger partial charge < -0.3 is 14.6 Å². The first-order valence-corrected chi connectivity index (χ1v) is 7.11. The second-order valence-electron chi connectivity index (χ2n) is 4.88. The Morgan fingerprint density at radius 1 is 1.42 bits per heavy atom. The predicted octanol–water partition coefficient (Wildman–Crippen LogP) is 2.69. The molecule has 0 aliphatic carbocycles. The van der Waals surface area contributed by atoms with Crippen LogP contribution in [0.2, 0.25) is 0 Å². The number of hydrogen-bond acceptors (Lipinski definition) is 3. The van der Waals surface area contributed by atoms with Crippen molar-refractivity contribution in [1.82, 2.24) is 0 Å². The highest BCUT2D eigenvalue weighted by molar-refractivity contribution is 9.10. The van der Waals surface area contributed by atoms with E-state index < -0.39 is 11.7 Å². The van der Waals surface area contributed by atoms with E-state index in [1.807, 2.05) is 6.07 Å². The molecular weight excluding hydrogens is 315 g/mol. The van der Waals surface area contributed by atoms with Crippen LogP contribution in [0.3, 0.4) is 0 Å². The van der Waals surface area contributed by atoms with Crippen molar-refractivity contribution >= 4 is 15.9 Å². The van der Waals surface area contributed by atoms with Gasteiger partial charge in [0.05, 0.1) is 11.7 Å². The smallest absolute Gasteiger partial charge is 0.124 e. The Morgan fingerprint density at radius 3 is 2.68 bits per heavy atom. The second-order valence-corrected chi connectivity index (χ2v) is 5.79. The lowest BCUT2D eigenvalue weighted by Crippen LogP contribution is -2.49. The standard InChI is InChI=1S/C14H18BrFO3/c1-18-14(2-4-19-5-3-14)13(17)8-10-6-11(15)9-12(16)7-10/h6-7,9,13,17H,2-5,8H2,1H3. The van der Waals surface area contributed by atoms with Crippen molar-refractivity contribution in [2.45, 2.75) is 31.0 Å². The molecule has 106 valence electrons. The van der Waals surface area contributed by atoms with E-state index in [1.54, 1.807) is 7.11 Å². The molecule has 1 heterocycles. The third-order valence-corrected chi connectivity index (χ3v) is 4.16. The van der Waals surface area contributed by atoms with Gasteiger partial charge in [-0.3, -0.25) is 0 Å². The maximum Gasteiger partial charge on any atom is 0.124 e. The molecule has 1 N–H and O–H groups in total. The molecule has 1 aromatic rings. The molecule has 2 rings (SSSR count). The molecule has 1 fully saturated rings. The van der Waals surface area contributed by atoms with E-state index in [2.05, 4.69) is 15.9 Å². The Labute approximate surface area is 120 Å². The zero-order valence-electron chi connectivity index (χ0n) is 10.9. The summed E-state index contributed by atoms with van der Waals surface area (Å²) in [7, 11) is 1.61. The highest BCUT2D eigenvalue weighted by Crippen LogP contribution is 2.30. The van der Waals surface area contributed by atoms with Gasteiger partial charge in [-0.1, -0.05) is 15.9 Å². The van der Waals surface area contributed by atoms with Crippen molar-refractivity contribution in [1.29, 1.82) is 0 Å². The number of benzene rings is 1. The Kier molecular flexibility index (Phi) is 4.95.